The van der Waals surface area contributed by atoms with Crippen LogP contribution in [0.15, 0.2) is 18.3 Å². The van der Waals surface area contributed by atoms with Crippen molar-refractivity contribution in [2.24, 2.45) is 5.41 Å². The van der Waals surface area contributed by atoms with Gasteiger partial charge in [-0.15, -0.1) is 0 Å². The minimum Gasteiger partial charge on any atom is -0.383 e. The summed E-state index contributed by atoms with van der Waals surface area (Å²) < 4.78 is 0. The predicted octanol–water partition coefficient (Wildman–Crippen LogP) is 2.04. The average Bonchev–Trinajstić information content (AvgIpc) is 2.29. The second-order valence-corrected chi connectivity index (χ2v) is 5.87. The van der Waals surface area contributed by atoms with E-state index in [0.29, 0.717) is 5.82 Å². The molecule has 1 heterocycles. The predicted molar refractivity (Wildman–Crippen MR) is 79.4 cm³/mol. The summed E-state index contributed by atoms with van der Waals surface area (Å²) in [5.41, 5.74) is 0.542. The number of nitrogens with zero attached hydrogens (tertiary/aromatic N) is 2. The molecule has 0 spiro atoms. The van der Waals surface area contributed by atoms with Crippen LogP contribution in [0.2, 0.25) is 0 Å². The van der Waals surface area contributed by atoms with Gasteiger partial charge in [0.25, 0.3) is 0 Å². The Hall–Kier alpha value is -1.62. The molecule has 0 saturated carbocycles. The standard InChI is InChI=1S/C14H24N4O/c1-14(2,3)13(19)17-12-7-6-11(10-16-12)15-8-9-18(4)5/h6-7,10,15H,8-9H2,1-5H3,(H,16,17,19). The fraction of sp³-hybridized carbons (Fsp3) is 0.571. The molecule has 1 aromatic heterocycles. The molecule has 106 valence electrons. The van der Waals surface area contributed by atoms with Crippen molar-refractivity contribution in [3.8, 4) is 0 Å². The molecular weight excluding hydrogens is 240 g/mol. The summed E-state index contributed by atoms with van der Waals surface area (Å²) in [5.74, 6) is 0.548. The molecule has 19 heavy (non-hydrogen) atoms. The summed E-state index contributed by atoms with van der Waals surface area (Å²) >= 11 is 0. The Morgan fingerprint density at radius 2 is 2.00 bits per heavy atom. The Bertz CT molecular complexity index is 406. The lowest BCUT2D eigenvalue weighted by Gasteiger charge is -2.17. The van der Waals surface area contributed by atoms with Gasteiger partial charge in [0, 0.05) is 18.5 Å². The third-order valence-corrected chi connectivity index (χ3v) is 2.57. The maximum Gasteiger partial charge on any atom is 0.230 e. The highest BCUT2D eigenvalue weighted by atomic mass is 16.2. The Balaban J connectivity index is 2.50. The Morgan fingerprint density at radius 1 is 1.32 bits per heavy atom. The van der Waals surface area contributed by atoms with E-state index in [1.54, 1.807) is 6.20 Å². The second-order valence-electron chi connectivity index (χ2n) is 5.87. The zero-order chi connectivity index (χ0) is 14.5. The number of carbonyl (C=O) groups is 1. The Morgan fingerprint density at radius 3 is 2.47 bits per heavy atom. The van der Waals surface area contributed by atoms with E-state index in [1.807, 2.05) is 47.0 Å². The monoisotopic (exact) mass is 264 g/mol. The number of carbonyl (C=O) groups excluding carboxylic acids is 1. The molecule has 1 rings (SSSR count). The lowest BCUT2D eigenvalue weighted by molar-refractivity contribution is -0.123. The quantitative estimate of drug-likeness (QED) is 0.854. The molecule has 5 heteroatoms. The zero-order valence-corrected chi connectivity index (χ0v) is 12.4. The highest BCUT2D eigenvalue weighted by Crippen LogP contribution is 2.17. The van der Waals surface area contributed by atoms with Gasteiger partial charge in [0.15, 0.2) is 0 Å². The number of pyridine rings is 1. The van der Waals surface area contributed by atoms with Gasteiger partial charge in [0.05, 0.1) is 11.9 Å². The summed E-state index contributed by atoms with van der Waals surface area (Å²) in [6.07, 6.45) is 1.73. The highest BCUT2D eigenvalue weighted by molar-refractivity contribution is 5.93. The number of hydrogen-bond donors (Lipinski definition) is 2. The van der Waals surface area contributed by atoms with Crippen LogP contribution in [0.4, 0.5) is 11.5 Å². The molecule has 0 aliphatic carbocycles. The SMILES string of the molecule is CN(C)CCNc1ccc(NC(=O)C(C)(C)C)nc1. The van der Waals surface area contributed by atoms with Crippen molar-refractivity contribution in [2.45, 2.75) is 20.8 Å². The first-order chi connectivity index (χ1) is 8.79. The number of rotatable bonds is 5. The summed E-state index contributed by atoms with van der Waals surface area (Å²) in [5, 5.41) is 6.07. The number of aromatic nitrogens is 1. The van der Waals surface area contributed by atoms with E-state index in [4.69, 9.17) is 0 Å². The molecule has 1 amide bonds. The van der Waals surface area contributed by atoms with Crippen molar-refractivity contribution in [3.63, 3.8) is 0 Å². The van der Waals surface area contributed by atoms with Gasteiger partial charge in [-0.3, -0.25) is 4.79 Å². The largest absolute Gasteiger partial charge is 0.383 e. The summed E-state index contributed by atoms with van der Waals surface area (Å²) in [6.45, 7) is 7.45. The van der Waals surface area contributed by atoms with Crippen LogP contribution >= 0.6 is 0 Å². The minimum absolute atomic E-state index is 0.0340. The molecule has 5 nitrogen and oxygen atoms in total. The van der Waals surface area contributed by atoms with Crippen LogP contribution in [0, 0.1) is 5.41 Å². The minimum atomic E-state index is -0.412. The molecular formula is C14H24N4O. The third-order valence-electron chi connectivity index (χ3n) is 2.57. The lowest BCUT2D eigenvalue weighted by atomic mass is 9.96. The summed E-state index contributed by atoms with van der Waals surface area (Å²) in [7, 11) is 4.07. The highest BCUT2D eigenvalue weighted by Gasteiger charge is 2.21. The van der Waals surface area contributed by atoms with Gasteiger partial charge in [0.1, 0.15) is 5.82 Å². The van der Waals surface area contributed by atoms with Crippen LogP contribution in [0.5, 0.6) is 0 Å². The molecule has 0 radical (unpaired) electrons. The molecule has 0 saturated heterocycles. The first-order valence-corrected chi connectivity index (χ1v) is 6.45. The number of likely N-dealkylation sites (N-methyl/N-ethyl adjacent to an activating group) is 1. The van der Waals surface area contributed by atoms with Crippen LogP contribution in [-0.2, 0) is 4.79 Å². The summed E-state index contributed by atoms with van der Waals surface area (Å²) in [4.78, 5) is 18.1. The van der Waals surface area contributed by atoms with Crippen molar-refractivity contribution in [1.82, 2.24) is 9.88 Å². The van der Waals surface area contributed by atoms with Crippen LogP contribution in [-0.4, -0.2) is 43.0 Å². The number of nitrogens with one attached hydrogen (secondary N) is 2. The molecule has 0 aromatic carbocycles. The molecule has 2 N–H and O–H groups in total. The van der Waals surface area contributed by atoms with Gasteiger partial charge in [-0.2, -0.15) is 0 Å². The Kier molecular flexibility index (Phi) is 5.30. The first kappa shape index (κ1) is 15.4. The van der Waals surface area contributed by atoms with Crippen LogP contribution in [0.1, 0.15) is 20.8 Å². The van der Waals surface area contributed by atoms with Crippen LogP contribution in [0.25, 0.3) is 0 Å². The third kappa shape index (κ3) is 5.70. The maximum atomic E-state index is 11.8. The lowest BCUT2D eigenvalue weighted by Crippen LogP contribution is -2.28. The van der Waals surface area contributed by atoms with Crippen molar-refractivity contribution >= 4 is 17.4 Å². The molecule has 0 aliphatic heterocycles. The van der Waals surface area contributed by atoms with Gasteiger partial charge in [-0.1, -0.05) is 20.8 Å². The van der Waals surface area contributed by atoms with Crippen molar-refractivity contribution in [1.29, 1.82) is 0 Å². The number of anilines is 2. The fourth-order valence-electron chi connectivity index (χ4n) is 1.30. The van der Waals surface area contributed by atoms with Gasteiger partial charge < -0.3 is 15.5 Å². The van der Waals surface area contributed by atoms with E-state index in [-0.39, 0.29) is 5.91 Å². The molecule has 0 aliphatic rings. The van der Waals surface area contributed by atoms with E-state index < -0.39 is 5.41 Å². The first-order valence-electron chi connectivity index (χ1n) is 6.45. The molecule has 0 unspecified atom stereocenters. The smallest absolute Gasteiger partial charge is 0.230 e. The van der Waals surface area contributed by atoms with E-state index >= 15 is 0 Å². The topological polar surface area (TPSA) is 57.3 Å². The molecule has 0 bridgehead atoms. The maximum absolute atomic E-state index is 11.8. The van der Waals surface area contributed by atoms with Crippen molar-refractivity contribution in [3.05, 3.63) is 18.3 Å². The second kappa shape index (κ2) is 6.52. The van der Waals surface area contributed by atoms with E-state index in [2.05, 4.69) is 20.5 Å². The molecule has 0 fully saturated rings. The normalized spacial score (nSPS) is 11.5. The zero-order valence-electron chi connectivity index (χ0n) is 12.4. The van der Waals surface area contributed by atoms with Gasteiger partial charge >= 0.3 is 0 Å². The summed E-state index contributed by atoms with van der Waals surface area (Å²) in [6, 6.07) is 3.72. The van der Waals surface area contributed by atoms with E-state index in [1.165, 1.54) is 0 Å². The van der Waals surface area contributed by atoms with Crippen LogP contribution in [0.3, 0.4) is 0 Å². The molecule has 1 aromatic rings. The van der Waals surface area contributed by atoms with Crippen molar-refractivity contribution in [2.75, 3.05) is 37.8 Å². The average molecular weight is 264 g/mol. The fourth-order valence-corrected chi connectivity index (χ4v) is 1.30. The molecule has 0 atom stereocenters. The van der Waals surface area contributed by atoms with E-state index in [9.17, 15) is 4.79 Å². The van der Waals surface area contributed by atoms with E-state index in [0.717, 1.165) is 18.8 Å². The van der Waals surface area contributed by atoms with Crippen LogP contribution < -0.4 is 10.6 Å². The van der Waals surface area contributed by atoms with Gasteiger partial charge in [-0.05, 0) is 26.2 Å². The van der Waals surface area contributed by atoms with Gasteiger partial charge in [0.2, 0.25) is 5.91 Å². The van der Waals surface area contributed by atoms with Gasteiger partial charge in [-0.25, -0.2) is 4.98 Å². The number of amides is 1. The van der Waals surface area contributed by atoms with Crippen molar-refractivity contribution < 1.29 is 4.79 Å². The Labute approximate surface area is 115 Å². The number of hydrogen-bond acceptors (Lipinski definition) is 4.